The van der Waals surface area contributed by atoms with Crippen LogP contribution >= 0.6 is 0 Å². The molecule has 0 spiro atoms. The van der Waals surface area contributed by atoms with Crippen LogP contribution in [0.15, 0.2) is 34.9 Å². The number of ether oxygens (including phenoxy) is 2. The van der Waals surface area contributed by atoms with Gasteiger partial charge in [-0.05, 0) is 24.3 Å². The Labute approximate surface area is 154 Å². The average molecular weight is 374 g/mol. The Hall–Kier alpha value is -3.62. The van der Waals surface area contributed by atoms with Crippen molar-refractivity contribution in [2.24, 2.45) is 0 Å². The molecule has 0 atom stereocenters. The minimum absolute atomic E-state index is 0.0937. The Kier molecular flexibility index (Phi) is 6.32. The average Bonchev–Trinajstić information content (AvgIpc) is 3.06. The van der Waals surface area contributed by atoms with Crippen molar-refractivity contribution in [1.29, 1.82) is 0 Å². The molecule has 9 heteroatoms. The summed E-state index contributed by atoms with van der Waals surface area (Å²) in [5.74, 6) is -1.90. The Morgan fingerprint density at radius 2 is 1.56 bits per heavy atom. The second kappa shape index (κ2) is 8.65. The number of furan rings is 1. The number of carbonyl (C=O) groups excluding carboxylic acids is 4. The molecule has 1 aromatic carbocycles. The molecule has 0 saturated heterocycles. The molecule has 9 nitrogen and oxygen atoms in total. The molecular weight excluding hydrogens is 356 g/mol. The second-order valence-corrected chi connectivity index (χ2v) is 5.49. The maximum absolute atomic E-state index is 12.4. The summed E-state index contributed by atoms with van der Waals surface area (Å²) in [6.07, 6.45) is 1.28. The molecule has 1 aromatic heterocycles. The third kappa shape index (κ3) is 5.43. The van der Waals surface area contributed by atoms with Gasteiger partial charge in [-0.1, -0.05) is 0 Å². The van der Waals surface area contributed by atoms with Crippen LogP contribution in [0.1, 0.15) is 40.3 Å². The summed E-state index contributed by atoms with van der Waals surface area (Å²) in [6, 6.07) is 5.71. The van der Waals surface area contributed by atoms with E-state index in [1.807, 2.05) is 0 Å². The zero-order valence-electron chi connectivity index (χ0n) is 15.0. The summed E-state index contributed by atoms with van der Waals surface area (Å²) in [4.78, 5) is 46.5. The van der Waals surface area contributed by atoms with Gasteiger partial charge in [-0.2, -0.15) is 0 Å². The molecule has 0 bridgehead atoms. The lowest BCUT2D eigenvalue weighted by Crippen LogP contribution is -2.12. The van der Waals surface area contributed by atoms with Gasteiger partial charge in [-0.3, -0.25) is 9.59 Å². The van der Waals surface area contributed by atoms with Crippen molar-refractivity contribution in [2.75, 3.05) is 17.7 Å². The molecule has 0 radical (unpaired) electrons. The Morgan fingerprint density at radius 3 is 2.07 bits per heavy atom. The van der Waals surface area contributed by atoms with E-state index in [0.29, 0.717) is 11.4 Å². The fourth-order valence-corrected chi connectivity index (χ4v) is 2.25. The van der Waals surface area contributed by atoms with E-state index in [9.17, 15) is 19.2 Å². The van der Waals surface area contributed by atoms with Crippen LogP contribution < -0.4 is 10.6 Å². The van der Waals surface area contributed by atoms with E-state index in [1.54, 1.807) is 0 Å². The highest BCUT2D eigenvalue weighted by atomic mass is 16.5. The Bertz CT molecular complexity index is 851. The number of carbonyl (C=O) groups is 4. The van der Waals surface area contributed by atoms with Crippen LogP contribution in [0.3, 0.4) is 0 Å². The predicted molar refractivity (Wildman–Crippen MR) is 94.2 cm³/mol. The zero-order chi connectivity index (χ0) is 20.0. The van der Waals surface area contributed by atoms with Gasteiger partial charge >= 0.3 is 11.9 Å². The lowest BCUT2D eigenvalue weighted by Gasteiger charge is -2.10. The second-order valence-electron chi connectivity index (χ2n) is 5.49. The molecule has 1 heterocycles. The van der Waals surface area contributed by atoms with Crippen molar-refractivity contribution < 1.29 is 33.1 Å². The van der Waals surface area contributed by atoms with Gasteiger partial charge in [0.25, 0.3) is 0 Å². The highest BCUT2D eigenvalue weighted by Crippen LogP contribution is 2.21. The van der Waals surface area contributed by atoms with Crippen LogP contribution in [-0.2, 0) is 25.7 Å². The van der Waals surface area contributed by atoms with E-state index >= 15 is 0 Å². The molecule has 2 N–H and O–H groups in total. The van der Waals surface area contributed by atoms with Crippen LogP contribution in [0.5, 0.6) is 0 Å². The summed E-state index contributed by atoms with van der Waals surface area (Å²) < 4.78 is 14.9. The molecule has 0 fully saturated rings. The molecular formula is C18H18N2O7. The van der Waals surface area contributed by atoms with Gasteiger partial charge in [-0.15, -0.1) is 0 Å². The first-order valence-electron chi connectivity index (χ1n) is 7.82. The van der Waals surface area contributed by atoms with Crippen LogP contribution in [-0.4, -0.2) is 30.9 Å². The standard InChI is InChI=1S/C18H18N2O7/c1-10(21)19-13-6-12(7-14(8-13)20-11(2)22)17(23)27-9-16-15(4-5-26-16)18(24)25-3/h4-8H,9H2,1-3H3,(H,19,21)(H,20,22). The molecule has 0 aliphatic rings. The first-order chi connectivity index (χ1) is 12.8. The van der Waals surface area contributed by atoms with E-state index in [4.69, 9.17) is 9.15 Å². The highest BCUT2D eigenvalue weighted by molar-refractivity contribution is 5.97. The van der Waals surface area contributed by atoms with E-state index in [2.05, 4.69) is 15.4 Å². The summed E-state index contributed by atoms with van der Waals surface area (Å²) in [6.45, 7) is 2.33. The lowest BCUT2D eigenvalue weighted by atomic mass is 10.1. The zero-order valence-corrected chi connectivity index (χ0v) is 15.0. The van der Waals surface area contributed by atoms with Crippen molar-refractivity contribution in [2.45, 2.75) is 20.5 Å². The van der Waals surface area contributed by atoms with Crippen molar-refractivity contribution in [3.63, 3.8) is 0 Å². The molecule has 0 unspecified atom stereocenters. The molecule has 0 aliphatic carbocycles. The van der Waals surface area contributed by atoms with E-state index in [1.165, 1.54) is 51.5 Å². The quantitative estimate of drug-likeness (QED) is 0.744. The van der Waals surface area contributed by atoms with E-state index in [-0.39, 0.29) is 35.3 Å². The monoisotopic (exact) mass is 374 g/mol. The number of esters is 2. The topological polar surface area (TPSA) is 124 Å². The summed E-state index contributed by atoms with van der Waals surface area (Å²) in [5.41, 5.74) is 0.871. The highest BCUT2D eigenvalue weighted by Gasteiger charge is 2.18. The summed E-state index contributed by atoms with van der Waals surface area (Å²) in [7, 11) is 1.22. The van der Waals surface area contributed by atoms with Crippen molar-refractivity contribution in [3.05, 3.63) is 47.4 Å². The number of rotatable bonds is 6. The fourth-order valence-electron chi connectivity index (χ4n) is 2.25. The molecule has 2 amide bonds. The van der Waals surface area contributed by atoms with Gasteiger partial charge in [0.15, 0.2) is 12.4 Å². The number of hydrogen-bond donors (Lipinski definition) is 2. The van der Waals surface area contributed by atoms with Gasteiger partial charge in [-0.25, -0.2) is 9.59 Å². The van der Waals surface area contributed by atoms with Crippen molar-refractivity contribution in [3.8, 4) is 0 Å². The minimum Gasteiger partial charge on any atom is -0.465 e. The van der Waals surface area contributed by atoms with Gasteiger partial charge in [0.1, 0.15) is 5.56 Å². The summed E-state index contributed by atoms with van der Waals surface area (Å²) in [5, 5.41) is 5.07. The Morgan fingerprint density at radius 1 is 0.963 bits per heavy atom. The molecule has 2 aromatic rings. The maximum Gasteiger partial charge on any atom is 0.341 e. The third-order valence-electron chi connectivity index (χ3n) is 3.29. The minimum atomic E-state index is -0.735. The van der Waals surface area contributed by atoms with E-state index in [0.717, 1.165) is 0 Å². The number of methoxy groups -OCH3 is 1. The summed E-state index contributed by atoms with van der Waals surface area (Å²) >= 11 is 0. The van der Waals surface area contributed by atoms with Gasteiger partial charge in [0, 0.05) is 25.2 Å². The van der Waals surface area contributed by atoms with E-state index < -0.39 is 11.9 Å². The van der Waals surface area contributed by atoms with Crippen LogP contribution in [0.25, 0.3) is 0 Å². The van der Waals surface area contributed by atoms with Crippen LogP contribution in [0.2, 0.25) is 0 Å². The SMILES string of the molecule is COC(=O)c1ccoc1COC(=O)c1cc(NC(C)=O)cc(NC(C)=O)c1. The Balaban J connectivity index is 2.19. The molecule has 2 rings (SSSR count). The molecule has 0 aliphatic heterocycles. The largest absolute Gasteiger partial charge is 0.465 e. The molecule has 142 valence electrons. The van der Waals surface area contributed by atoms with Crippen molar-refractivity contribution >= 4 is 35.1 Å². The predicted octanol–water partition coefficient (Wildman–Crippen LogP) is 2.34. The van der Waals surface area contributed by atoms with Crippen LogP contribution in [0, 0.1) is 0 Å². The number of amides is 2. The van der Waals surface area contributed by atoms with Gasteiger partial charge < -0.3 is 24.5 Å². The number of nitrogens with one attached hydrogen (secondary N) is 2. The normalized spacial score (nSPS) is 10.0. The smallest absolute Gasteiger partial charge is 0.341 e. The number of benzene rings is 1. The lowest BCUT2D eigenvalue weighted by molar-refractivity contribution is -0.115. The van der Waals surface area contributed by atoms with Gasteiger partial charge in [0.2, 0.25) is 11.8 Å². The first-order valence-corrected chi connectivity index (χ1v) is 7.82. The number of hydrogen-bond acceptors (Lipinski definition) is 7. The molecule has 0 saturated carbocycles. The third-order valence-corrected chi connectivity index (χ3v) is 3.29. The molecule has 27 heavy (non-hydrogen) atoms. The van der Waals surface area contributed by atoms with Gasteiger partial charge in [0.05, 0.1) is 18.9 Å². The number of anilines is 2. The van der Waals surface area contributed by atoms with Crippen molar-refractivity contribution in [1.82, 2.24) is 0 Å². The maximum atomic E-state index is 12.4. The van der Waals surface area contributed by atoms with Crippen LogP contribution in [0.4, 0.5) is 11.4 Å². The fraction of sp³-hybridized carbons (Fsp3) is 0.222. The first kappa shape index (κ1) is 19.7.